The molecule has 1 N–H and O–H groups in total. The maximum absolute atomic E-state index is 11.8. The summed E-state index contributed by atoms with van der Waals surface area (Å²) in [5.74, 6) is 1.20. The van der Waals surface area contributed by atoms with Crippen molar-refractivity contribution in [3.63, 3.8) is 0 Å². The Labute approximate surface area is 73.7 Å². The monoisotopic (exact) mass is 167 g/mol. The van der Waals surface area contributed by atoms with E-state index in [0.29, 0.717) is 11.8 Å². The first-order valence-electron chi connectivity index (χ1n) is 4.79. The summed E-state index contributed by atoms with van der Waals surface area (Å²) in [6, 6.07) is 0.843. The normalized spacial score (nSPS) is 39.4. The topological polar surface area (TPSA) is 29.1 Å². The van der Waals surface area contributed by atoms with Gasteiger partial charge in [0, 0.05) is 11.5 Å². The molecule has 1 saturated carbocycles. The highest BCUT2D eigenvalue weighted by molar-refractivity contribution is 5.89. The lowest BCUT2D eigenvalue weighted by Gasteiger charge is -2.22. The Kier molecular flexibility index (Phi) is 1.59. The number of hydrogen-bond donors (Lipinski definition) is 1. The minimum absolute atomic E-state index is 0.161. The van der Waals surface area contributed by atoms with Crippen molar-refractivity contribution in [2.45, 2.75) is 45.7 Å². The maximum Gasteiger partial charge on any atom is 0.155 e. The molecule has 1 heterocycles. The average molecular weight is 167 g/mol. The van der Waals surface area contributed by atoms with Gasteiger partial charge in [-0.2, -0.15) is 0 Å². The smallest absolute Gasteiger partial charge is 0.155 e. The molecule has 3 atom stereocenters. The summed E-state index contributed by atoms with van der Waals surface area (Å²) >= 11 is 0. The minimum atomic E-state index is -0.172. The molecular weight excluding hydrogens is 150 g/mol. The second-order valence-corrected chi connectivity index (χ2v) is 5.17. The van der Waals surface area contributed by atoms with Crippen LogP contribution in [0.5, 0.6) is 0 Å². The Hall–Kier alpha value is -0.370. The van der Waals surface area contributed by atoms with Gasteiger partial charge in [-0.25, -0.2) is 0 Å². The SMILES string of the molecule is CC(C)(C)C(=O)C1CC2CC2N1. The van der Waals surface area contributed by atoms with Gasteiger partial charge in [-0.1, -0.05) is 20.8 Å². The predicted molar refractivity (Wildman–Crippen MR) is 47.9 cm³/mol. The fourth-order valence-corrected chi connectivity index (χ4v) is 2.05. The highest BCUT2D eigenvalue weighted by atomic mass is 16.1. The van der Waals surface area contributed by atoms with E-state index in [1.807, 2.05) is 20.8 Å². The molecule has 2 fully saturated rings. The van der Waals surface area contributed by atoms with Crippen molar-refractivity contribution in [1.29, 1.82) is 0 Å². The van der Waals surface area contributed by atoms with E-state index in [2.05, 4.69) is 5.32 Å². The van der Waals surface area contributed by atoms with Gasteiger partial charge >= 0.3 is 0 Å². The van der Waals surface area contributed by atoms with Crippen LogP contribution in [0.4, 0.5) is 0 Å². The second-order valence-electron chi connectivity index (χ2n) is 5.17. The van der Waals surface area contributed by atoms with Gasteiger partial charge in [-0.05, 0) is 18.8 Å². The Morgan fingerprint density at radius 1 is 1.33 bits per heavy atom. The van der Waals surface area contributed by atoms with Crippen molar-refractivity contribution in [2.24, 2.45) is 11.3 Å². The molecule has 68 valence electrons. The molecule has 0 radical (unpaired) electrons. The zero-order valence-electron chi connectivity index (χ0n) is 8.05. The van der Waals surface area contributed by atoms with Crippen LogP contribution in [0.25, 0.3) is 0 Å². The van der Waals surface area contributed by atoms with Crippen molar-refractivity contribution in [2.75, 3.05) is 0 Å². The van der Waals surface area contributed by atoms with E-state index >= 15 is 0 Å². The number of rotatable bonds is 1. The average Bonchev–Trinajstić information content (AvgIpc) is 2.56. The fourth-order valence-electron chi connectivity index (χ4n) is 2.05. The van der Waals surface area contributed by atoms with Crippen molar-refractivity contribution in [1.82, 2.24) is 5.32 Å². The van der Waals surface area contributed by atoms with Crippen LogP contribution in [-0.2, 0) is 4.79 Å². The number of ketones is 1. The van der Waals surface area contributed by atoms with E-state index in [9.17, 15) is 4.79 Å². The first-order chi connectivity index (χ1) is 5.48. The van der Waals surface area contributed by atoms with Crippen LogP contribution in [0.2, 0.25) is 0 Å². The first-order valence-corrected chi connectivity index (χ1v) is 4.79. The zero-order chi connectivity index (χ0) is 8.93. The van der Waals surface area contributed by atoms with Crippen molar-refractivity contribution in [3.8, 4) is 0 Å². The van der Waals surface area contributed by atoms with Crippen LogP contribution < -0.4 is 5.32 Å². The van der Waals surface area contributed by atoms with Gasteiger partial charge in [-0.3, -0.25) is 4.79 Å². The van der Waals surface area contributed by atoms with Crippen molar-refractivity contribution in [3.05, 3.63) is 0 Å². The van der Waals surface area contributed by atoms with Gasteiger partial charge in [0.2, 0.25) is 0 Å². The number of Topliss-reactive ketones (excluding diaryl/α,β-unsaturated/α-hetero) is 1. The van der Waals surface area contributed by atoms with E-state index < -0.39 is 0 Å². The van der Waals surface area contributed by atoms with E-state index in [-0.39, 0.29) is 11.5 Å². The van der Waals surface area contributed by atoms with Gasteiger partial charge in [0.1, 0.15) is 0 Å². The molecule has 2 heteroatoms. The highest BCUT2D eigenvalue weighted by Gasteiger charge is 2.49. The molecule has 0 bridgehead atoms. The van der Waals surface area contributed by atoms with Gasteiger partial charge in [0.15, 0.2) is 5.78 Å². The molecule has 12 heavy (non-hydrogen) atoms. The molecule has 0 spiro atoms. The summed E-state index contributed by atoms with van der Waals surface area (Å²) in [4.78, 5) is 11.8. The van der Waals surface area contributed by atoms with Crippen LogP contribution in [0.1, 0.15) is 33.6 Å². The largest absolute Gasteiger partial charge is 0.304 e. The van der Waals surface area contributed by atoms with Gasteiger partial charge in [-0.15, -0.1) is 0 Å². The summed E-state index contributed by atoms with van der Waals surface area (Å²) in [7, 11) is 0. The van der Waals surface area contributed by atoms with E-state index in [4.69, 9.17) is 0 Å². The molecule has 1 saturated heterocycles. The lowest BCUT2D eigenvalue weighted by molar-refractivity contribution is -0.128. The van der Waals surface area contributed by atoms with E-state index in [1.165, 1.54) is 6.42 Å². The predicted octanol–water partition coefficient (Wildman–Crippen LogP) is 1.35. The minimum Gasteiger partial charge on any atom is -0.304 e. The molecule has 2 nitrogen and oxygen atoms in total. The van der Waals surface area contributed by atoms with Crippen LogP contribution in [-0.4, -0.2) is 17.9 Å². The number of hydrogen-bond acceptors (Lipinski definition) is 2. The molecule has 0 amide bonds. The molecule has 1 aliphatic carbocycles. The van der Waals surface area contributed by atoms with Crippen LogP contribution in [0.3, 0.4) is 0 Å². The van der Waals surface area contributed by atoms with Crippen LogP contribution >= 0.6 is 0 Å². The molecule has 2 rings (SSSR count). The van der Waals surface area contributed by atoms with Crippen LogP contribution in [0, 0.1) is 11.3 Å². The number of piperidine rings is 1. The Bertz CT molecular complexity index is 206. The number of carbonyl (C=O) groups excluding carboxylic acids is 1. The van der Waals surface area contributed by atoms with Gasteiger partial charge in [0.05, 0.1) is 6.04 Å². The zero-order valence-corrected chi connectivity index (χ0v) is 8.05. The van der Waals surface area contributed by atoms with Crippen LogP contribution in [0.15, 0.2) is 0 Å². The Morgan fingerprint density at radius 3 is 2.42 bits per heavy atom. The summed E-state index contributed by atoms with van der Waals surface area (Å²) in [5, 5.41) is 3.38. The maximum atomic E-state index is 11.8. The quantitative estimate of drug-likeness (QED) is 0.638. The molecule has 1 aliphatic heterocycles. The second kappa shape index (κ2) is 2.32. The van der Waals surface area contributed by atoms with Crippen molar-refractivity contribution >= 4 is 5.78 Å². The third kappa shape index (κ3) is 1.28. The molecular formula is C10H17NO. The standard InChI is InChI=1S/C10H17NO/c1-10(2,3)9(12)8-5-6-4-7(6)11-8/h6-8,11H,4-5H2,1-3H3. The summed E-state index contributed by atoms with van der Waals surface area (Å²) in [5.41, 5.74) is -0.172. The van der Waals surface area contributed by atoms with Gasteiger partial charge < -0.3 is 5.32 Å². The highest BCUT2D eigenvalue weighted by Crippen LogP contribution is 2.42. The van der Waals surface area contributed by atoms with E-state index in [0.717, 1.165) is 12.3 Å². The van der Waals surface area contributed by atoms with E-state index in [1.54, 1.807) is 0 Å². The molecule has 0 aromatic rings. The summed E-state index contributed by atoms with van der Waals surface area (Å²) in [6.07, 6.45) is 2.38. The summed E-state index contributed by atoms with van der Waals surface area (Å²) in [6.45, 7) is 6.00. The molecule has 2 aliphatic rings. The van der Waals surface area contributed by atoms with Crippen molar-refractivity contribution < 1.29 is 4.79 Å². The summed E-state index contributed by atoms with van der Waals surface area (Å²) < 4.78 is 0. The molecule has 0 aromatic heterocycles. The lowest BCUT2D eigenvalue weighted by Crippen LogP contribution is -2.40. The number of fused-ring (bicyclic) bond motifs is 1. The molecule has 0 aromatic carbocycles. The Balaban J connectivity index is 1.97. The lowest BCUT2D eigenvalue weighted by atomic mass is 9.85. The number of carbonyl (C=O) groups is 1. The third-order valence-electron chi connectivity index (χ3n) is 2.93. The third-order valence-corrected chi connectivity index (χ3v) is 2.93. The number of nitrogens with one attached hydrogen (secondary N) is 1. The fraction of sp³-hybridized carbons (Fsp3) is 0.900. The molecule has 3 unspecified atom stereocenters. The van der Waals surface area contributed by atoms with Gasteiger partial charge in [0.25, 0.3) is 0 Å². The first kappa shape index (κ1) is 8.24. The Morgan fingerprint density at radius 2 is 2.00 bits per heavy atom.